The third-order valence-electron chi connectivity index (χ3n) is 2.25. The van der Waals surface area contributed by atoms with E-state index in [2.05, 4.69) is 15.0 Å². The zero-order chi connectivity index (χ0) is 11.5. The average molecular weight is 234 g/mol. The fraction of sp³-hybridized carbons (Fsp3) is 0.250. The van der Waals surface area contributed by atoms with Crippen LogP contribution in [0.4, 0.5) is 0 Å². The maximum Gasteiger partial charge on any atom is 0.179 e. The normalized spacial score (nSPS) is 10.4. The van der Waals surface area contributed by atoms with Crippen LogP contribution in [-0.2, 0) is 6.42 Å². The van der Waals surface area contributed by atoms with Gasteiger partial charge in [0.2, 0.25) is 0 Å². The van der Waals surface area contributed by atoms with Crippen molar-refractivity contribution in [3.8, 4) is 11.5 Å². The standard InChI is InChI=1S/C12H12ClN3/c1-3-9-6-11(13)16-12(15-9)10-5-4-8(2)7-14-10/h4-7H,3H2,1-2H3. The van der Waals surface area contributed by atoms with Crippen molar-refractivity contribution >= 4 is 11.6 Å². The van der Waals surface area contributed by atoms with Crippen molar-refractivity contribution < 1.29 is 0 Å². The molecule has 2 aromatic heterocycles. The van der Waals surface area contributed by atoms with E-state index in [0.717, 1.165) is 23.4 Å². The summed E-state index contributed by atoms with van der Waals surface area (Å²) in [7, 11) is 0. The summed E-state index contributed by atoms with van der Waals surface area (Å²) in [6.07, 6.45) is 2.63. The van der Waals surface area contributed by atoms with Gasteiger partial charge in [0, 0.05) is 11.9 Å². The Morgan fingerprint density at radius 2 is 2.06 bits per heavy atom. The van der Waals surface area contributed by atoms with Crippen LogP contribution in [0.2, 0.25) is 5.15 Å². The first kappa shape index (κ1) is 11.0. The molecule has 0 atom stereocenters. The molecule has 0 amide bonds. The Morgan fingerprint density at radius 1 is 1.25 bits per heavy atom. The summed E-state index contributed by atoms with van der Waals surface area (Å²) in [4.78, 5) is 12.8. The van der Waals surface area contributed by atoms with Crippen LogP contribution in [0.15, 0.2) is 24.4 Å². The number of rotatable bonds is 2. The van der Waals surface area contributed by atoms with Gasteiger partial charge in [0.25, 0.3) is 0 Å². The summed E-state index contributed by atoms with van der Waals surface area (Å²) in [5.74, 6) is 0.587. The quantitative estimate of drug-likeness (QED) is 0.749. The Kier molecular flexibility index (Phi) is 3.15. The summed E-state index contributed by atoms with van der Waals surface area (Å²) in [5, 5.41) is 0.462. The first-order valence-corrected chi connectivity index (χ1v) is 5.53. The molecule has 0 aliphatic heterocycles. The number of halogens is 1. The minimum absolute atomic E-state index is 0.462. The molecule has 4 heteroatoms. The Morgan fingerprint density at radius 3 is 2.69 bits per heavy atom. The third kappa shape index (κ3) is 2.36. The van der Waals surface area contributed by atoms with Gasteiger partial charge < -0.3 is 0 Å². The SMILES string of the molecule is CCc1cc(Cl)nc(-c2ccc(C)cn2)n1. The number of pyridine rings is 1. The van der Waals surface area contributed by atoms with Crippen LogP contribution in [0.5, 0.6) is 0 Å². The highest BCUT2D eigenvalue weighted by Gasteiger charge is 2.05. The first-order chi connectivity index (χ1) is 7.69. The summed E-state index contributed by atoms with van der Waals surface area (Å²) in [5.41, 5.74) is 2.79. The van der Waals surface area contributed by atoms with E-state index in [1.807, 2.05) is 26.0 Å². The Balaban J connectivity index is 2.47. The molecule has 0 aliphatic rings. The molecule has 82 valence electrons. The lowest BCUT2D eigenvalue weighted by atomic mass is 10.2. The number of aryl methyl sites for hydroxylation is 2. The van der Waals surface area contributed by atoms with Crippen molar-refractivity contribution in [2.75, 3.05) is 0 Å². The van der Waals surface area contributed by atoms with E-state index >= 15 is 0 Å². The van der Waals surface area contributed by atoms with Crippen LogP contribution in [0, 0.1) is 6.92 Å². The zero-order valence-electron chi connectivity index (χ0n) is 9.24. The van der Waals surface area contributed by atoms with Crippen molar-refractivity contribution in [2.45, 2.75) is 20.3 Å². The van der Waals surface area contributed by atoms with E-state index in [4.69, 9.17) is 11.6 Å². The molecule has 2 aromatic rings. The van der Waals surface area contributed by atoms with Crippen LogP contribution in [-0.4, -0.2) is 15.0 Å². The molecule has 2 heterocycles. The smallest absolute Gasteiger partial charge is 0.179 e. The van der Waals surface area contributed by atoms with Gasteiger partial charge in [0.15, 0.2) is 5.82 Å². The maximum absolute atomic E-state index is 5.93. The van der Waals surface area contributed by atoms with Crippen molar-refractivity contribution in [3.63, 3.8) is 0 Å². The van der Waals surface area contributed by atoms with Crippen molar-refractivity contribution in [1.82, 2.24) is 15.0 Å². The van der Waals surface area contributed by atoms with Gasteiger partial charge in [-0.3, -0.25) is 4.98 Å². The van der Waals surface area contributed by atoms with Gasteiger partial charge in [0.1, 0.15) is 10.8 Å². The van der Waals surface area contributed by atoms with Gasteiger partial charge in [-0.05, 0) is 31.0 Å². The molecule has 0 saturated carbocycles. The fourth-order valence-corrected chi connectivity index (χ4v) is 1.57. The summed E-state index contributed by atoms with van der Waals surface area (Å²) in [6.45, 7) is 4.03. The van der Waals surface area contributed by atoms with Gasteiger partial charge in [-0.25, -0.2) is 9.97 Å². The van der Waals surface area contributed by atoms with Crippen LogP contribution < -0.4 is 0 Å². The highest BCUT2D eigenvalue weighted by atomic mass is 35.5. The number of aromatic nitrogens is 3. The van der Waals surface area contributed by atoms with Crippen LogP contribution in [0.25, 0.3) is 11.5 Å². The van der Waals surface area contributed by atoms with Crippen molar-refractivity contribution in [1.29, 1.82) is 0 Å². The van der Waals surface area contributed by atoms with Crippen LogP contribution in [0.1, 0.15) is 18.2 Å². The zero-order valence-corrected chi connectivity index (χ0v) is 9.99. The molecule has 0 saturated heterocycles. The van der Waals surface area contributed by atoms with Crippen molar-refractivity contribution in [2.24, 2.45) is 0 Å². The monoisotopic (exact) mass is 233 g/mol. The van der Waals surface area contributed by atoms with Crippen LogP contribution >= 0.6 is 11.6 Å². The molecule has 2 rings (SSSR count). The Hall–Kier alpha value is -1.48. The molecule has 0 bridgehead atoms. The Bertz CT molecular complexity index is 494. The molecular formula is C12H12ClN3. The lowest BCUT2D eigenvalue weighted by molar-refractivity contribution is 0.997. The summed E-state index contributed by atoms with van der Waals surface area (Å²) < 4.78 is 0. The van der Waals surface area contributed by atoms with Gasteiger partial charge in [-0.2, -0.15) is 0 Å². The molecule has 0 aromatic carbocycles. The maximum atomic E-state index is 5.93. The van der Waals surface area contributed by atoms with E-state index in [1.165, 1.54) is 0 Å². The number of hydrogen-bond donors (Lipinski definition) is 0. The molecule has 0 fully saturated rings. The molecule has 0 N–H and O–H groups in total. The minimum atomic E-state index is 0.462. The Labute approximate surface area is 99.5 Å². The lowest BCUT2D eigenvalue weighted by Crippen LogP contribution is -1.96. The highest BCUT2D eigenvalue weighted by Crippen LogP contribution is 2.16. The van der Waals surface area contributed by atoms with E-state index in [9.17, 15) is 0 Å². The van der Waals surface area contributed by atoms with Crippen LogP contribution in [0.3, 0.4) is 0 Å². The predicted molar refractivity (Wildman–Crippen MR) is 64.4 cm³/mol. The molecular weight excluding hydrogens is 222 g/mol. The molecule has 0 aliphatic carbocycles. The van der Waals surface area contributed by atoms with Gasteiger partial charge in [0.05, 0.1) is 0 Å². The molecule has 0 radical (unpaired) electrons. The van der Waals surface area contributed by atoms with E-state index in [1.54, 1.807) is 12.3 Å². The molecule has 0 spiro atoms. The average Bonchev–Trinajstić information content (AvgIpc) is 2.29. The molecule has 16 heavy (non-hydrogen) atoms. The largest absolute Gasteiger partial charge is 0.253 e. The number of nitrogens with zero attached hydrogens (tertiary/aromatic N) is 3. The molecule has 3 nitrogen and oxygen atoms in total. The minimum Gasteiger partial charge on any atom is -0.253 e. The fourth-order valence-electron chi connectivity index (χ4n) is 1.36. The van der Waals surface area contributed by atoms with Gasteiger partial charge in [-0.15, -0.1) is 0 Å². The number of hydrogen-bond acceptors (Lipinski definition) is 3. The van der Waals surface area contributed by atoms with E-state index in [0.29, 0.717) is 11.0 Å². The second-order valence-electron chi connectivity index (χ2n) is 3.58. The van der Waals surface area contributed by atoms with E-state index in [-0.39, 0.29) is 0 Å². The predicted octanol–water partition coefficient (Wildman–Crippen LogP) is 3.06. The van der Waals surface area contributed by atoms with Gasteiger partial charge >= 0.3 is 0 Å². The van der Waals surface area contributed by atoms with Crippen molar-refractivity contribution in [3.05, 3.63) is 40.8 Å². The third-order valence-corrected chi connectivity index (χ3v) is 2.44. The first-order valence-electron chi connectivity index (χ1n) is 5.15. The second kappa shape index (κ2) is 4.58. The topological polar surface area (TPSA) is 38.7 Å². The summed E-state index contributed by atoms with van der Waals surface area (Å²) >= 11 is 5.93. The highest BCUT2D eigenvalue weighted by molar-refractivity contribution is 6.29. The van der Waals surface area contributed by atoms with Gasteiger partial charge in [-0.1, -0.05) is 24.6 Å². The second-order valence-corrected chi connectivity index (χ2v) is 3.97. The van der Waals surface area contributed by atoms with E-state index < -0.39 is 0 Å². The lowest BCUT2D eigenvalue weighted by Gasteiger charge is -2.03. The summed E-state index contributed by atoms with van der Waals surface area (Å²) in [6, 6.07) is 5.66. The molecule has 0 unspecified atom stereocenters.